The minimum atomic E-state index is -0.712. The van der Waals surface area contributed by atoms with E-state index < -0.39 is 5.97 Å². The molecule has 0 aromatic heterocycles. The molecule has 0 aromatic rings. The predicted octanol–water partition coefficient (Wildman–Crippen LogP) is 2.27. The van der Waals surface area contributed by atoms with E-state index in [-0.39, 0.29) is 5.92 Å². The molecule has 15 heavy (non-hydrogen) atoms. The van der Waals surface area contributed by atoms with Crippen LogP contribution in [0.5, 0.6) is 0 Å². The van der Waals surface area contributed by atoms with Crippen molar-refractivity contribution < 1.29 is 9.90 Å². The maximum atomic E-state index is 10.7. The highest BCUT2D eigenvalue weighted by molar-refractivity contribution is 5.69. The third kappa shape index (κ3) is 3.49. The van der Waals surface area contributed by atoms with Crippen molar-refractivity contribution in [1.82, 2.24) is 5.32 Å². The van der Waals surface area contributed by atoms with Crippen LogP contribution in [0.4, 0.5) is 0 Å². The fraction of sp³-hybridized carbons (Fsp3) is 0.917. The molecular formula is C12H23NO2. The van der Waals surface area contributed by atoms with E-state index in [9.17, 15) is 4.79 Å². The first-order valence-corrected chi connectivity index (χ1v) is 5.89. The molecule has 88 valence electrons. The summed E-state index contributed by atoms with van der Waals surface area (Å²) < 4.78 is 0. The molecule has 1 saturated carbocycles. The molecule has 0 radical (unpaired) electrons. The molecule has 1 rings (SSSR count). The number of carboxylic acids is 1. The van der Waals surface area contributed by atoms with Crippen LogP contribution >= 0.6 is 0 Å². The van der Waals surface area contributed by atoms with Gasteiger partial charge in [-0.15, -0.1) is 0 Å². The Morgan fingerprint density at radius 1 is 1.53 bits per heavy atom. The minimum Gasteiger partial charge on any atom is -0.481 e. The monoisotopic (exact) mass is 213 g/mol. The number of hydrogen-bond donors (Lipinski definition) is 2. The highest BCUT2D eigenvalue weighted by Crippen LogP contribution is 2.35. The van der Waals surface area contributed by atoms with Crippen LogP contribution in [0.25, 0.3) is 0 Å². The fourth-order valence-corrected chi connectivity index (χ4v) is 2.28. The van der Waals surface area contributed by atoms with Crippen molar-refractivity contribution in [2.45, 2.75) is 52.5 Å². The molecule has 0 heterocycles. The summed E-state index contributed by atoms with van der Waals surface area (Å²) in [6.07, 6.45) is 4.99. The molecule has 1 aliphatic rings. The average molecular weight is 213 g/mol. The highest BCUT2D eigenvalue weighted by Gasteiger charge is 2.32. The number of carbonyl (C=O) groups is 1. The van der Waals surface area contributed by atoms with E-state index >= 15 is 0 Å². The van der Waals surface area contributed by atoms with Crippen molar-refractivity contribution in [3.05, 3.63) is 0 Å². The summed E-state index contributed by atoms with van der Waals surface area (Å²) >= 11 is 0. The zero-order chi connectivity index (χ0) is 11.5. The molecule has 0 aliphatic heterocycles. The van der Waals surface area contributed by atoms with E-state index in [1.54, 1.807) is 6.92 Å². The quantitative estimate of drug-likeness (QED) is 0.753. The predicted molar refractivity (Wildman–Crippen MR) is 60.8 cm³/mol. The van der Waals surface area contributed by atoms with Gasteiger partial charge in [0.05, 0.1) is 5.92 Å². The summed E-state index contributed by atoms with van der Waals surface area (Å²) in [5.41, 5.74) is 0.316. The molecule has 0 bridgehead atoms. The second kappa shape index (κ2) is 4.97. The van der Waals surface area contributed by atoms with E-state index in [4.69, 9.17) is 5.11 Å². The van der Waals surface area contributed by atoms with Gasteiger partial charge in [-0.25, -0.2) is 0 Å². The summed E-state index contributed by atoms with van der Waals surface area (Å²) in [5, 5.41) is 12.2. The molecule has 1 fully saturated rings. The Kier molecular flexibility index (Phi) is 4.14. The third-order valence-corrected chi connectivity index (χ3v) is 3.60. The Morgan fingerprint density at radius 2 is 2.20 bits per heavy atom. The van der Waals surface area contributed by atoms with E-state index in [1.165, 1.54) is 25.7 Å². The Bertz CT molecular complexity index is 226. The lowest BCUT2D eigenvalue weighted by atomic mass is 9.73. The van der Waals surface area contributed by atoms with Gasteiger partial charge < -0.3 is 10.4 Å². The lowest BCUT2D eigenvalue weighted by Gasteiger charge is -2.39. The van der Waals surface area contributed by atoms with Crippen molar-refractivity contribution in [3.8, 4) is 0 Å². The van der Waals surface area contributed by atoms with Gasteiger partial charge in [0.15, 0.2) is 0 Å². The van der Waals surface area contributed by atoms with Crippen molar-refractivity contribution in [1.29, 1.82) is 0 Å². The number of nitrogens with one attached hydrogen (secondary N) is 1. The molecule has 3 heteroatoms. The molecule has 1 aliphatic carbocycles. The van der Waals surface area contributed by atoms with Crippen LogP contribution in [0.2, 0.25) is 0 Å². The molecule has 2 unspecified atom stereocenters. The molecule has 2 N–H and O–H groups in total. The van der Waals surface area contributed by atoms with Gasteiger partial charge >= 0.3 is 5.97 Å². The molecule has 0 saturated heterocycles. The second-order valence-corrected chi connectivity index (χ2v) is 5.43. The van der Waals surface area contributed by atoms with Gasteiger partial charge in [0, 0.05) is 12.6 Å². The summed E-state index contributed by atoms with van der Waals surface area (Å²) in [7, 11) is 0. The van der Waals surface area contributed by atoms with Crippen LogP contribution in [-0.4, -0.2) is 23.7 Å². The maximum absolute atomic E-state index is 10.7. The Labute approximate surface area is 92.3 Å². The highest BCUT2D eigenvalue weighted by atomic mass is 16.4. The third-order valence-electron chi connectivity index (χ3n) is 3.60. The number of rotatable bonds is 4. The SMILES string of the molecule is CC(CNC1CCCCC1(C)C)C(=O)O. The Balaban J connectivity index is 2.39. The summed E-state index contributed by atoms with van der Waals surface area (Å²) in [4.78, 5) is 10.7. The van der Waals surface area contributed by atoms with Gasteiger partial charge in [-0.2, -0.15) is 0 Å². The first kappa shape index (κ1) is 12.5. The normalized spacial score (nSPS) is 27.3. The van der Waals surface area contributed by atoms with E-state index in [0.29, 0.717) is 18.0 Å². The lowest BCUT2D eigenvalue weighted by molar-refractivity contribution is -0.141. The van der Waals surface area contributed by atoms with Gasteiger partial charge in [-0.1, -0.05) is 33.6 Å². The summed E-state index contributed by atoms with van der Waals surface area (Å²) in [6.45, 7) is 6.89. The van der Waals surface area contributed by atoms with Crippen LogP contribution < -0.4 is 5.32 Å². The zero-order valence-electron chi connectivity index (χ0n) is 10.0. The van der Waals surface area contributed by atoms with Gasteiger partial charge in [-0.05, 0) is 18.3 Å². The zero-order valence-corrected chi connectivity index (χ0v) is 10.0. The van der Waals surface area contributed by atoms with E-state index in [2.05, 4.69) is 19.2 Å². The summed E-state index contributed by atoms with van der Waals surface area (Å²) in [5.74, 6) is -1.00. The average Bonchev–Trinajstić information content (AvgIpc) is 2.14. The van der Waals surface area contributed by atoms with Crippen molar-refractivity contribution in [2.24, 2.45) is 11.3 Å². The molecule has 0 amide bonds. The smallest absolute Gasteiger partial charge is 0.307 e. The van der Waals surface area contributed by atoms with Crippen LogP contribution in [0.15, 0.2) is 0 Å². The first-order valence-electron chi connectivity index (χ1n) is 5.89. The van der Waals surface area contributed by atoms with Gasteiger partial charge in [0.25, 0.3) is 0 Å². The standard InChI is InChI=1S/C12H23NO2/c1-9(11(14)15)8-13-10-6-4-5-7-12(10,2)3/h9-10,13H,4-8H2,1-3H3,(H,14,15). The Hall–Kier alpha value is -0.570. The molecule has 0 aromatic carbocycles. The Morgan fingerprint density at radius 3 is 2.73 bits per heavy atom. The summed E-state index contributed by atoms with van der Waals surface area (Å²) in [6, 6.07) is 0.480. The second-order valence-electron chi connectivity index (χ2n) is 5.43. The van der Waals surface area contributed by atoms with E-state index in [0.717, 1.165) is 0 Å². The number of hydrogen-bond acceptors (Lipinski definition) is 2. The van der Waals surface area contributed by atoms with Crippen LogP contribution in [0.1, 0.15) is 46.5 Å². The van der Waals surface area contributed by atoms with Gasteiger partial charge in [-0.3, -0.25) is 4.79 Å². The van der Waals surface area contributed by atoms with Gasteiger partial charge in [0.1, 0.15) is 0 Å². The number of aliphatic carboxylic acids is 1. The molecular weight excluding hydrogens is 190 g/mol. The van der Waals surface area contributed by atoms with Crippen molar-refractivity contribution in [2.75, 3.05) is 6.54 Å². The van der Waals surface area contributed by atoms with Crippen molar-refractivity contribution in [3.63, 3.8) is 0 Å². The topological polar surface area (TPSA) is 49.3 Å². The lowest BCUT2D eigenvalue weighted by Crippen LogP contribution is -2.46. The molecule has 2 atom stereocenters. The van der Waals surface area contributed by atoms with Crippen molar-refractivity contribution >= 4 is 5.97 Å². The van der Waals surface area contributed by atoms with Crippen LogP contribution in [-0.2, 0) is 4.79 Å². The van der Waals surface area contributed by atoms with Crippen LogP contribution in [0, 0.1) is 11.3 Å². The maximum Gasteiger partial charge on any atom is 0.307 e. The minimum absolute atomic E-state index is 0.289. The largest absolute Gasteiger partial charge is 0.481 e. The first-order chi connectivity index (χ1) is 6.93. The van der Waals surface area contributed by atoms with Gasteiger partial charge in [0.2, 0.25) is 0 Å². The number of carboxylic acid groups (broad SMARTS) is 1. The van der Waals surface area contributed by atoms with Crippen LogP contribution in [0.3, 0.4) is 0 Å². The fourth-order valence-electron chi connectivity index (χ4n) is 2.28. The molecule has 0 spiro atoms. The molecule has 3 nitrogen and oxygen atoms in total. The van der Waals surface area contributed by atoms with E-state index in [1.807, 2.05) is 0 Å².